The summed E-state index contributed by atoms with van der Waals surface area (Å²) in [4.78, 5) is 15.3. The molecule has 0 radical (unpaired) electrons. The molecular weight excluding hydrogens is 400 g/mol. The van der Waals surface area contributed by atoms with Crippen LogP contribution in [0.15, 0.2) is 53.4 Å². The molecule has 4 rings (SSSR count). The fourth-order valence-corrected chi connectivity index (χ4v) is 5.60. The fourth-order valence-electron chi connectivity index (χ4n) is 4.36. The molecule has 2 fully saturated rings. The van der Waals surface area contributed by atoms with Crippen LogP contribution in [0.4, 0.5) is 5.69 Å². The van der Waals surface area contributed by atoms with Crippen LogP contribution in [-0.4, -0.2) is 51.6 Å². The van der Waals surface area contributed by atoms with Gasteiger partial charge in [-0.05, 0) is 50.1 Å². The lowest BCUT2D eigenvalue weighted by molar-refractivity contribution is -0.0752. The summed E-state index contributed by atoms with van der Waals surface area (Å²) in [6, 6.07) is 13.8. The lowest BCUT2D eigenvalue weighted by Gasteiger charge is -2.43. The Hall–Kier alpha value is -2.38. The summed E-state index contributed by atoms with van der Waals surface area (Å²) in [6.07, 6.45) is 4.22. The number of fused-ring (bicyclic) bond motifs is 1. The summed E-state index contributed by atoms with van der Waals surface area (Å²) >= 11 is 0. The molecule has 1 aliphatic heterocycles. The Labute approximate surface area is 178 Å². The standard InChI is InChI=1S/C23H28N2O4S/c1-17-10-12-19(13-11-17)24(2)30(27,28)20-7-5-6-18(16-20)23(26)25-14-15-29-22-9-4-3-8-21(22)25/h5-7,10-13,16,21-22H,3-4,8-9,14-15H2,1-2H3. The molecule has 1 amide bonds. The van der Waals surface area contributed by atoms with E-state index in [0.29, 0.717) is 24.4 Å². The van der Waals surface area contributed by atoms with Crippen LogP contribution in [0.2, 0.25) is 0 Å². The first-order valence-corrected chi connectivity index (χ1v) is 11.9. The van der Waals surface area contributed by atoms with Gasteiger partial charge in [-0.15, -0.1) is 0 Å². The summed E-state index contributed by atoms with van der Waals surface area (Å²) in [5.41, 5.74) is 2.04. The van der Waals surface area contributed by atoms with Gasteiger partial charge in [-0.3, -0.25) is 9.10 Å². The van der Waals surface area contributed by atoms with Crippen LogP contribution >= 0.6 is 0 Å². The number of carbonyl (C=O) groups excluding carboxylic acids is 1. The predicted molar refractivity (Wildman–Crippen MR) is 116 cm³/mol. The van der Waals surface area contributed by atoms with Gasteiger partial charge in [0, 0.05) is 19.2 Å². The summed E-state index contributed by atoms with van der Waals surface area (Å²) in [5, 5.41) is 0. The van der Waals surface area contributed by atoms with Gasteiger partial charge in [-0.25, -0.2) is 8.42 Å². The Morgan fingerprint density at radius 2 is 1.83 bits per heavy atom. The van der Waals surface area contributed by atoms with E-state index >= 15 is 0 Å². The molecule has 2 aromatic rings. The Balaban J connectivity index is 1.60. The highest BCUT2D eigenvalue weighted by Crippen LogP contribution is 2.30. The van der Waals surface area contributed by atoms with Crippen LogP contribution in [0.5, 0.6) is 0 Å². The van der Waals surface area contributed by atoms with Crippen molar-refractivity contribution in [3.05, 3.63) is 59.7 Å². The first-order chi connectivity index (χ1) is 14.4. The maximum atomic E-state index is 13.3. The zero-order valence-electron chi connectivity index (χ0n) is 17.5. The summed E-state index contributed by atoms with van der Waals surface area (Å²) in [6.45, 7) is 3.02. The quantitative estimate of drug-likeness (QED) is 0.746. The van der Waals surface area contributed by atoms with Crippen LogP contribution in [-0.2, 0) is 14.8 Å². The summed E-state index contributed by atoms with van der Waals surface area (Å²) in [7, 11) is -2.25. The number of hydrogen-bond donors (Lipinski definition) is 0. The minimum Gasteiger partial charge on any atom is -0.374 e. The highest BCUT2D eigenvalue weighted by molar-refractivity contribution is 7.92. The van der Waals surface area contributed by atoms with E-state index in [1.807, 2.05) is 24.0 Å². The second-order valence-corrected chi connectivity index (χ2v) is 10.1. The molecule has 2 aromatic carbocycles. The Morgan fingerprint density at radius 1 is 1.10 bits per heavy atom. The molecule has 2 unspecified atom stereocenters. The minimum absolute atomic E-state index is 0.0792. The van der Waals surface area contributed by atoms with E-state index in [1.165, 1.54) is 17.4 Å². The van der Waals surface area contributed by atoms with Gasteiger partial charge in [-0.2, -0.15) is 0 Å². The van der Waals surface area contributed by atoms with Crippen molar-refractivity contribution in [1.82, 2.24) is 4.90 Å². The second kappa shape index (κ2) is 8.40. The number of anilines is 1. The molecule has 1 saturated heterocycles. The van der Waals surface area contributed by atoms with Crippen LogP contribution in [0.1, 0.15) is 41.6 Å². The van der Waals surface area contributed by atoms with Gasteiger partial charge in [0.15, 0.2) is 0 Å². The van der Waals surface area contributed by atoms with Crippen molar-refractivity contribution < 1.29 is 17.9 Å². The van der Waals surface area contributed by atoms with Gasteiger partial charge in [0.25, 0.3) is 15.9 Å². The third-order valence-corrected chi connectivity index (χ3v) is 7.91. The van der Waals surface area contributed by atoms with Crippen LogP contribution in [0.3, 0.4) is 0 Å². The lowest BCUT2D eigenvalue weighted by atomic mass is 9.89. The maximum Gasteiger partial charge on any atom is 0.264 e. The molecule has 1 heterocycles. The van der Waals surface area contributed by atoms with Crippen molar-refractivity contribution >= 4 is 21.6 Å². The van der Waals surface area contributed by atoms with E-state index < -0.39 is 10.0 Å². The highest BCUT2D eigenvalue weighted by Gasteiger charge is 2.37. The molecule has 2 atom stereocenters. The van der Waals surface area contributed by atoms with Crippen molar-refractivity contribution in [3.63, 3.8) is 0 Å². The van der Waals surface area contributed by atoms with E-state index in [0.717, 1.165) is 31.2 Å². The lowest BCUT2D eigenvalue weighted by Crippen LogP contribution is -2.54. The third kappa shape index (κ3) is 3.96. The number of benzene rings is 2. The van der Waals surface area contributed by atoms with E-state index in [4.69, 9.17) is 4.74 Å². The number of ether oxygens (including phenoxy) is 1. The van der Waals surface area contributed by atoms with Crippen molar-refractivity contribution in [1.29, 1.82) is 0 Å². The molecule has 1 aliphatic carbocycles. The van der Waals surface area contributed by atoms with Crippen molar-refractivity contribution in [3.8, 4) is 0 Å². The van der Waals surface area contributed by atoms with E-state index in [9.17, 15) is 13.2 Å². The topological polar surface area (TPSA) is 66.9 Å². The molecular formula is C23H28N2O4S. The van der Waals surface area contributed by atoms with Crippen molar-refractivity contribution in [2.24, 2.45) is 0 Å². The molecule has 0 aromatic heterocycles. The molecule has 0 spiro atoms. The predicted octanol–water partition coefficient (Wildman–Crippen LogP) is 3.60. The molecule has 7 heteroatoms. The van der Waals surface area contributed by atoms with Gasteiger partial charge in [-0.1, -0.05) is 36.6 Å². The number of sulfonamides is 1. The normalized spacial score (nSPS) is 21.7. The maximum absolute atomic E-state index is 13.3. The average Bonchev–Trinajstić information content (AvgIpc) is 2.78. The molecule has 1 saturated carbocycles. The zero-order chi connectivity index (χ0) is 21.3. The number of morpholine rings is 1. The van der Waals surface area contributed by atoms with Crippen LogP contribution in [0, 0.1) is 6.92 Å². The molecule has 0 N–H and O–H groups in total. The first-order valence-electron chi connectivity index (χ1n) is 10.5. The number of hydrogen-bond acceptors (Lipinski definition) is 4. The van der Waals surface area contributed by atoms with Gasteiger partial charge < -0.3 is 9.64 Å². The molecule has 2 aliphatic rings. The van der Waals surface area contributed by atoms with Gasteiger partial charge in [0.2, 0.25) is 0 Å². The molecule has 160 valence electrons. The highest BCUT2D eigenvalue weighted by atomic mass is 32.2. The minimum atomic E-state index is -3.78. The van der Waals surface area contributed by atoms with Gasteiger partial charge in [0.05, 0.1) is 29.3 Å². The Bertz CT molecular complexity index is 1020. The summed E-state index contributed by atoms with van der Waals surface area (Å²) < 4.78 is 33.5. The van der Waals surface area contributed by atoms with Crippen LogP contribution in [0.25, 0.3) is 0 Å². The number of nitrogens with zero attached hydrogens (tertiary/aromatic N) is 2. The molecule has 30 heavy (non-hydrogen) atoms. The SMILES string of the molecule is Cc1ccc(N(C)S(=O)(=O)c2cccc(C(=O)N3CCOC4CCCCC43)c2)cc1. The second-order valence-electron chi connectivity index (χ2n) is 8.10. The third-order valence-electron chi connectivity index (χ3n) is 6.13. The monoisotopic (exact) mass is 428 g/mol. The largest absolute Gasteiger partial charge is 0.374 e. The van der Waals surface area contributed by atoms with E-state index in [-0.39, 0.29) is 22.9 Å². The van der Waals surface area contributed by atoms with E-state index in [1.54, 1.807) is 30.3 Å². The van der Waals surface area contributed by atoms with E-state index in [2.05, 4.69) is 0 Å². The smallest absolute Gasteiger partial charge is 0.264 e. The molecule has 0 bridgehead atoms. The number of amides is 1. The van der Waals surface area contributed by atoms with Crippen LogP contribution < -0.4 is 4.31 Å². The first kappa shape index (κ1) is 20.9. The number of rotatable bonds is 4. The zero-order valence-corrected chi connectivity index (χ0v) is 18.3. The Kier molecular flexibility index (Phi) is 5.84. The summed E-state index contributed by atoms with van der Waals surface area (Å²) in [5.74, 6) is -0.120. The fraction of sp³-hybridized carbons (Fsp3) is 0.435. The van der Waals surface area contributed by atoms with Gasteiger partial charge in [0.1, 0.15) is 0 Å². The number of aryl methyl sites for hydroxylation is 1. The average molecular weight is 429 g/mol. The van der Waals surface area contributed by atoms with Crippen molar-refractivity contribution in [2.75, 3.05) is 24.5 Å². The van der Waals surface area contributed by atoms with Gasteiger partial charge >= 0.3 is 0 Å². The molecule has 6 nitrogen and oxygen atoms in total. The Morgan fingerprint density at radius 3 is 2.60 bits per heavy atom. The number of carbonyl (C=O) groups is 1. The van der Waals surface area contributed by atoms with Crippen molar-refractivity contribution in [2.45, 2.75) is 49.6 Å².